The molecule has 126 valence electrons. The number of benzene rings is 1. The van der Waals surface area contributed by atoms with Gasteiger partial charge in [0.05, 0.1) is 12.8 Å². The molecule has 0 fully saturated rings. The molecule has 0 amide bonds. The summed E-state index contributed by atoms with van der Waals surface area (Å²) >= 11 is 17.4. The van der Waals surface area contributed by atoms with Gasteiger partial charge >= 0.3 is 5.69 Å². The van der Waals surface area contributed by atoms with E-state index in [0.717, 1.165) is 10.8 Å². The summed E-state index contributed by atoms with van der Waals surface area (Å²) in [5.74, 6) is 0.394. The van der Waals surface area contributed by atoms with Crippen molar-refractivity contribution in [2.24, 2.45) is 0 Å². The first-order valence-corrected chi connectivity index (χ1v) is 8.29. The maximum Gasteiger partial charge on any atom is 0.346 e. The lowest BCUT2D eigenvalue weighted by Gasteiger charge is -2.17. The van der Waals surface area contributed by atoms with E-state index in [2.05, 4.69) is 0 Å². The number of methoxy groups -OCH3 is 1. The summed E-state index contributed by atoms with van der Waals surface area (Å²) in [5, 5.41) is 9.18. The zero-order chi connectivity index (χ0) is 18.1. The second-order valence-electron chi connectivity index (χ2n) is 4.57. The summed E-state index contributed by atoms with van der Waals surface area (Å²) in [6.45, 7) is 1.76. The van der Waals surface area contributed by atoms with Gasteiger partial charge in [0.25, 0.3) is 8.68 Å². The summed E-state index contributed by atoms with van der Waals surface area (Å²) < 4.78 is 5.07. The number of hydrogen-bond donors (Lipinski definition) is 0. The molecular formula is C14H10Cl3N3O3S. The third kappa shape index (κ3) is 3.73. The fourth-order valence-electron chi connectivity index (χ4n) is 2.06. The minimum atomic E-state index is -1.95. The van der Waals surface area contributed by atoms with Crippen molar-refractivity contribution in [3.8, 4) is 17.5 Å². The van der Waals surface area contributed by atoms with Crippen molar-refractivity contribution in [3.63, 3.8) is 0 Å². The van der Waals surface area contributed by atoms with Crippen molar-refractivity contribution in [3.05, 3.63) is 56.4 Å². The van der Waals surface area contributed by atoms with Crippen LogP contribution in [0.1, 0.15) is 11.1 Å². The standard InChI is InChI=1S/C14H10Cl3N3O3S/c1-8-4-3-5-10(23-2)11(8)19-7-9(6-18)12(21)20(13(19)22)24-14(15,16)17/h3-5,7H,1-2H3. The van der Waals surface area contributed by atoms with Crippen LogP contribution in [0, 0.1) is 18.3 Å². The fourth-order valence-corrected chi connectivity index (χ4v) is 3.24. The third-order valence-corrected chi connectivity index (χ3v) is 4.36. The highest BCUT2D eigenvalue weighted by Crippen LogP contribution is 2.38. The monoisotopic (exact) mass is 405 g/mol. The fraction of sp³-hybridized carbons (Fsp3) is 0.214. The van der Waals surface area contributed by atoms with Gasteiger partial charge in [0.1, 0.15) is 17.4 Å². The Morgan fingerprint density at radius 3 is 2.50 bits per heavy atom. The van der Waals surface area contributed by atoms with Crippen LogP contribution in [0.3, 0.4) is 0 Å². The van der Waals surface area contributed by atoms with Gasteiger partial charge in [0, 0.05) is 18.1 Å². The van der Waals surface area contributed by atoms with Gasteiger partial charge < -0.3 is 4.74 Å². The molecule has 0 saturated carbocycles. The van der Waals surface area contributed by atoms with Crippen molar-refractivity contribution in [1.29, 1.82) is 5.26 Å². The molecule has 1 aromatic heterocycles. The Hall–Kier alpha value is -1.59. The molecule has 0 unspecified atom stereocenters. The van der Waals surface area contributed by atoms with Crippen LogP contribution >= 0.6 is 46.8 Å². The first-order valence-electron chi connectivity index (χ1n) is 6.38. The molecule has 0 radical (unpaired) electrons. The van der Waals surface area contributed by atoms with Gasteiger partial charge in [-0.25, -0.2) is 4.79 Å². The molecule has 0 aliphatic heterocycles. The molecule has 24 heavy (non-hydrogen) atoms. The highest BCUT2D eigenvalue weighted by molar-refractivity contribution is 8.03. The quantitative estimate of drug-likeness (QED) is 0.732. The molecule has 2 aromatic rings. The van der Waals surface area contributed by atoms with E-state index in [1.165, 1.54) is 7.11 Å². The number of nitriles is 1. The van der Waals surface area contributed by atoms with Crippen molar-refractivity contribution < 1.29 is 4.74 Å². The van der Waals surface area contributed by atoms with Crippen LogP contribution in [0.4, 0.5) is 0 Å². The molecule has 6 nitrogen and oxygen atoms in total. The largest absolute Gasteiger partial charge is 0.495 e. The Kier molecular flexibility index (Phi) is 5.56. The first kappa shape index (κ1) is 18.7. The first-order chi connectivity index (χ1) is 11.2. The van der Waals surface area contributed by atoms with Crippen molar-refractivity contribution in [1.82, 2.24) is 8.54 Å². The van der Waals surface area contributed by atoms with Gasteiger partial charge in [0.15, 0.2) is 0 Å². The highest BCUT2D eigenvalue weighted by atomic mass is 35.6. The van der Waals surface area contributed by atoms with Gasteiger partial charge in [-0.2, -0.15) is 9.23 Å². The zero-order valence-electron chi connectivity index (χ0n) is 12.4. The van der Waals surface area contributed by atoms with Crippen LogP contribution < -0.4 is 16.0 Å². The number of hydrogen-bond acceptors (Lipinski definition) is 5. The summed E-state index contributed by atoms with van der Waals surface area (Å²) in [6, 6.07) is 6.90. The van der Waals surface area contributed by atoms with E-state index in [1.807, 2.05) is 0 Å². The van der Waals surface area contributed by atoms with Crippen molar-refractivity contribution in [2.45, 2.75) is 10.0 Å². The normalized spacial score (nSPS) is 11.2. The maximum absolute atomic E-state index is 12.7. The number of aromatic nitrogens is 2. The Morgan fingerprint density at radius 1 is 1.29 bits per heavy atom. The third-order valence-electron chi connectivity index (χ3n) is 3.03. The minimum absolute atomic E-state index is 0.276. The minimum Gasteiger partial charge on any atom is -0.495 e. The van der Waals surface area contributed by atoms with E-state index in [9.17, 15) is 14.9 Å². The summed E-state index contributed by atoms with van der Waals surface area (Å²) in [4.78, 5) is 24.9. The summed E-state index contributed by atoms with van der Waals surface area (Å²) in [6.07, 6.45) is 1.14. The highest BCUT2D eigenvalue weighted by Gasteiger charge is 2.26. The number of alkyl halides is 3. The molecule has 1 heterocycles. The molecule has 0 atom stereocenters. The van der Waals surface area contributed by atoms with Gasteiger partial charge in [-0.05, 0) is 18.6 Å². The number of aryl methyl sites for hydroxylation is 1. The van der Waals surface area contributed by atoms with Crippen molar-refractivity contribution >= 4 is 46.8 Å². The Morgan fingerprint density at radius 2 is 1.96 bits per heavy atom. The molecule has 0 bridgehead atoms. The van der Waals surface area contributed by atoms with Crippen LogP contribution in [0.25, 0.3) is 5.69 Å². The van der Waals surface area contributed by atoms with E-state index >= 15 is 0 Å². The predicted octanol–water partition coefficient (Wildman–Crippen LogP) is 3.01. The Balaban J connectivity index is 2.88. The van der Waals surface area contributed by atoms with Gasteiger partial charge in [-0.15, -0.1) is 0 Å². The summed E-state index contributed by atoms with van der Waals surface area (Å²) in [7, 11) is 1.45. The van der Waals surface area contributed by atoms with Gasteiger partial charge in [0.2, 0.25) is 0 Å². The van der Waals surface area contributed by atoms with E-state index in [-0.39, 0.29) is 5.56 Å². The maximum atomic E-state index is 12.7. The number of ether oxygens (including phenoxy) is 1. The lowest BCUT2D eigenvalue weighted by Crippen LogP contribution is -2.38. The van der Waals surface area contributed by atoms with Gasteiger partial charge in [-0.1, -0.05) is 46.9 Å². The average molecular weight is 407 g/mol. The van der Waals surface area contributed by atoms with Crippen LogP contribution in [-0.4, -0.2) is 18.8 Å². The van der Waals surface area contributed by atoms with Crippen LogP contribution in [0.5, 0.6) is 5.75 Å². The molecule has 0 N–H and O–H groups in total. The molecular weight excluding hydrogens is 397 g/mol. The topological polar surface area (TPSA) is 77.0 Å². The molecule has 10 heteroatoms. The number of halogens is 3. The molecule has 0 aliphatic rings. The number of nitrogens with zero attached hydrogens (tertiary/aromatic N) is 3. The van der Waals surface area contributed by atoms with Crippen LogP contribution in [0.2, 0.25) is 0 Å². The SMILES string of the molecule is COc1cccc(C)c1-n1cc(C#N)c(=O)n(SC(Cl)(Cl)Cl)c1=O. The number of rotatable bonds is 3. The Labute approximate surface area is 156 Å². The smallest absolute Gasteiger partial charge is 0.346 e. The van der Waals surface area contributed by atoms with Crippen LogP contribution in [-0.2, 0) is 0 Å². The van der Waals surface area contributed by atoms with E-state index in [1.54, 1.807) is 31.2 Å². The number of para-hydroxylation sites is 1. The Bertz CT molecular complexity index is 941. The van der Waals surface area contributed by atoms with E-state index < -0.39 is 14.4 Å². The van der Waals surface area contributed by atoms with E-state index in [4.69, 9.17) is 39.5 Å². The predicted molar refractivity (Wildman–Crippen MR) is 95.6 cm³/mol. The lowest BCUT2D eigenvalue weighted by molar-refractivity contribution is 0.412. The molecule has 0 aliphatic carbocycles. The molecule has 0 saturated heterocycles. The average Bonchev–Trinajstić information content (AvgIpc) is 2.51. The second-order valence-corrected chi connectivity index (χ2v) is 8.68. The molecule has 0 spiro atoms. The van der Waals surface area contributed by atoms with Gasteiger partial charge in [-0.3, -0.25) is 9.36 Å². The van der Waals surface area contributed by atoms with Crippen molar-refractivity contribution in [2.75, 3.05) is 7.11 Å². The summed E-state index contributed by atoms with van der Waals surface area (Å²) in [5.41, 5.74) is -0.822. The van der Waals surface area contributed by atoms with Crippen LogP contribution in [0.15, 0.2) is 34.0 Å². The molecule has 1 aromatic carbocycles. The second kappa shape index (κ2) is 7.11. The zero-order valence-corrected chi connectivity index (χ0v) is 15.5. The molecule has 2 rings (SSSR count). The lowest BCUT2D eigenvalue weighted by atomic mass is 10.2. The van der Waals surface area contributed by atoms with E-state index in [0.29, 0.717) is 32.9 Å².